The van der Waals surface area contributed by atoms with Crippen molar-refractivity contribution < 1.29 is 0 Å². The number of nitrogens with one attached hydrogen (secondary N) is 1. The minimum absolute atomic E-state index is 0.0898. The summed E-state index contributed by atoms with van der Waals surface area (Å²) < 4.78 is 0. The number of hydrogen-bond acceptors (Lipinski definition) is 1. The highest BCUT2D eigenvalue weighted by molar-refractivity contribution is 5.21. The van der Waals surface area contributed by atoms with Crippen LogP contribution in [0.4, 0.5) is 0 Å². The van der Waals surface area contributed by atoms with Crippen molar-refractivity contribution in [2.24, 2.45) is 5.73 Å². The molecule has 0 aliphatic carbocycles. The van der Waals surface area contributed by atoms with Crippen molar-refractivity contribution in [2.75, 3.05) is 0 Å². The maximum Gasteiger partial charge on any atom is 0.0336 e. The van der Waals surface area contributed by atoms with Crippen molar-refractivity contribution in [1.82, 2.24) is 4.98 Å². The average molecular weight is 186 g/mol. The fourth-order valence-corrected chi connectivity index (χ4v) is 1.56. The molecular formula is C12H14N2. The summed E-state index contributed by atoms with van der Waals surface area (Å²) in [4.78, 5) is 3.03. The molecule has 0 saturated carbocycles. The number of aromatic amines is 1. The molecule has 3 N–H and O–H groups in total. The third-order valence-corrected chi connectivity index (χ3v) is 2.35. The van der Waals surface area contributed by atoms with E-state index in [1.54, 1.807) is 0 Å². The third kappa shape index (κ3) is 2.03. The molecule has 0 spiro atoms. The highest BCUT2D eigenvalue weighted by Crippen LogP contribution is 2.14. The number of rotatable bonds is 3. The standard InChI is InChI=1S/C12H14N2/c13-12(8-10-6-7-14-9-10)11-4-2-1-3-5-11/h1-7,9,12,14H,8,13H2. The van der Waals surface area contributed by atoms with E-state index in [1.807, 2.05) is 30.6 Å². The summed E-state index contributed by atoms with van der Waals surface area (Å²) in [5.41, 5.74) is 8.51. The molecule has 2 nitrogen and oxygen atoms in total. The summed E-state index contributed by atoms with van der Waals surface area (Å²) in [5.74, 6) is 0. The van der Waals surface area contributed by atoms with Gasteiger partial charge in [-0.05, 0) is 23.6 Å². The molecule has 1 aromatic carbocycles. The highest BCUT2D eigenvalue weighted by atomic mass is 14.7. The molecular weight excluding hydrogens is 172 g/mol. The Bertz CT molecular complexity index is 364. The van der Waals surface area contributed by atoms with Crippen LogP contribution in [0, 0.1) is 0 Å². The van der Waals surface area contributed by atoms with Crippen LogP contribution in [0.1, 0.15) is 17.2 Å². The summed E-state index contributed by atoms with van der Waals surface area (Å²) in [7, 11) is 0. The molecule has 1 heterocycles. The van der Waals surface area contributed by atoms with Crippen molar-refractivity contribution in [3.63, 3.8) is 0 Å². The van der Waals surface area contributed by atoms with Crippen molar-refractivity contribution in [3.05, 3.63) is 59.9 Å². The Balaban J connectivity index is 2.07. The van der Waals surface area contributed by atoms with Gasteiger partial charge in [0.1, 0.15) is 0 Å². The zero-order chi connectivity index (χ0) is 9.80. The first-order chi connectivity index (χ1) is 6.86. The van der Waals surface area contributed by atoms with Gasteiger partial charge >= 0.3 is 0 Å². The van der Waals surface area contributed by atoms with Crippen molar-refractivity contribution in [1.29, 1.82) is 0 Å². The van der Waals surface area contributed by atoms with E-state index in [9.17, 15) is 0 Å². The number of hydrogen-bond donors (Lipinski definition) is 2. The zero-order valence-corrected chi connectivity index (χ0v) is 7.98. The molecule has 0 amide bonds. The van der Waals surface area contributed by atoms with E-state index < -0.39 is 0 Å². The van der Waals surface area contributed by atoms with Gasteiger partial charge in [0.05, 0.1) is 0 Å². The van der Waals surface area contributed by atoms with Gasteiger partial charge in [0.25, 0.3) is 0 Å². The zero-order valence-electron chi connectivity index (χ0n) is 7.98. The molecule has 2 heteroatoms. The molecule has 1 atom stereocenters. The highest BCUT2D eigenvalue weighted by Gasteiger charge is 2.05. The first-order valence-corrected chi connectivity index (χ1v) is 4.78. The Morgan fingerprint density at radius 2 is 1.93 bits per heavy atom. The van der Waals surface area contributed by atoms with E-state index in [4.69, 9.17) is 5.73 Å². The van der Waals surface area contributed by atoms with Crippen LogP contribution in [-0.4, -0.2) is 4.98 Å². The second-order valence-corrected chi connectivity index (χ2v) is 3.44. The Morgan fingerprint density at radius 1 is 1.14 bits per heavy atom. The van der Waals surface area contributed by atoms with Crippen molar-refractivity contribution in [3.8, 4) is 0 Å². The van der Waals surface area contributed by atoms with Crippen LogP contribution in [0.2, 0.25) is 0 Å². The second kappa shape index (κ2) is 4.11. The van der Waals surface area contributed by atoms with E-state index in [-0.39, 0.29) is 6.04 Å². The first kappa shape index (κ1) is 9.03. The van der Waals surface area contributed by atoms with Crippen LogP contribution in [-0.2, 0) is 6.42 Å². The average Bonchev–Trinajstić information content (AvgIpc) is 2.72. The predicted octanol–water partition coefficient (Wildman–Crippen LogP) is 2.26. The topological polar surface area (TPSA) is 41.8 Å². The summed E-state index contributed by atoms with van der Waals surface area (Å²) in [6.45, 7) is 0. The van der Waals surface area contributed by atoms with Gasteiger partial charge in [-0.3, -0.25) is 0 Å². The smallest absolute Gasteiger partial charge is 0.0336 e. The second-order valence-electron chi connectivity index (χ2n) is 3.44. The lowest BCUT2D eigenvalue weighted by atomic mass is 10.0. The SMILES string of the molecule is NC(Cc1cc[nH]c1)c1ccccc1. The van der Waals surface area contributed by atoms with Crippen LogP contribution in [0.3, 0.4) is 0 Å². The first-order valence-electron chi connectivity index (χ1n) is 4.78. The fourth-order valence-electron chi connectivity index (χ4n) is 1.56. The van der Waals surface area contributed by atoms with Crippen LogP contribution in [0.25, 0.3) is 0 Å². The van der Waals surface area contributed by atoms with E-state index in [2.05, 4.69) is 23.2 Å². The Kier molecular flexibility index (Phi) is 2.65. The lowest BCUT2D eigenvalue weighted by Gasteiger charge is -2.10. The number of benzene rings is 1. The minimum Gasteiger partial charge on any atom is -0.367 e. The molecule has 0 aliphatic heterocycles. The van der Waals surface area contributed by atoms with Gasteiger partial charge in [0.2, 0.25) is 0 Å². The summed E-state index contributed by atoms with van der Waals surface area (Å²) >= 11 is 0. The number of aromatic nitrogens is 1. The minimum atomic E-state index is 0.0898. The molecule has 2 rings (SSSR count). The Morgan fingerprint density at radius 3 is 2.57 bits per heavy atom. The lowest BCUT2D eigenvalue weighted by Crippen LogP contribution is -2.12. The largest absolute Gasteiger partial charge is 0.367 e. The molecule has 0 bridgehead atoms. The van der Waals surface area contributed by atoms with Gasteiger partial charge in [-0.2, -0.15) is 0 Å². The molecule has 72 valence electrons. The normalized spacial score (nSPS) is 12.6. The van der Waals surface area contributed by atoms with Crippen LogP contribution in [0.15, 0.2) is 48.8 Å². The lowest BCUT2D eigenvalue weighted by molar-refractivity contribution is 0.722. The van der Waals surface area contributed by atoms with Gasteiger partial charge in [-0.15, -0.1) is 0 Å². The van der Waals surface area contributed by atoms with E-state index in [0.29, 0.717) is 0 Å². The molecule has 1 unspecified atom stereocenters. The molecule has 14 heavy (non-hydrogen) atoms. The Hall–Kier alpha value is -1.54. The summed E-state index contributed by atoms with van der Waals surface area (Å²) in [6.07, 6.45) is 4.80. The maximum atomic E-state index is 6.07. The van der Waals surface area contributed by atoms with Gasteiger partial charge in [-0.25, -0.2) is 0 Å². The van der Waals surface area contributed by atoms with Crippen LogP contribution < -0.4 is 5.73 Å². The monoisotopic (exact) mass is 186 g/mol. The quantitative estimate of drug-likeness (QED) is 0.758. The van der Waals surface area contributed by atoms with E-state index in [1.165, 1.54) is 11.1 Å². The summed E-state index contributed by atoms with van der Waals surface area (Å²) in [5, 5.41) is 0. The van der Waals surface area contributed by atoms with E-state index >= 15 is 0 Å². The molecule has 0 aliphatic rings. The van der Waals surface area contributed by atoms with Gasteiger partial charge < -0.3 is 10.7 Å². The van der Waals surface area contributed by atoms with Gasteiger partial charge in [-0.1, -0.05) is 30.3 Å². The van der Waals surface area contributed by atoms with Gasteiger partial charge in [0.15, 0.2) is 0 Å². The Labute approximate surface area is 83.8 Å². The van der Waals surface area contributed by atoms with Crippen LogP contribution in [0.5, 0.6) is 0 Å². The molecule has 1 aromatic heterocycles. The maximum absolute atomic E-state index is 6.07. The fraction of sp³-hybridized carbons (Fsp3) is 0.167. The molecule has 2 aromatic rings. The van der Waals surface area contributed by atoms with E-state index in [0.717, 1.165) is 6.42 Å². The van der Waals surface area contributed by atoms with Crippen molar-refractivity contribution in [2.45, 2.75) is 12.5 Å². The molecule has 0 saturated heterocycles. The summed E-state index contributed by atoms with van der Waals surface area (Å²) in [6, 6.07) is 12.3. The number of nitrogens with two attached hydrogens (primary N) is 1. The van der Waals surface area contributed by atoms with Gasteiger partial charge in [0, 0.05) is 18.4 Å². The van der Waals surface area contributed by atoms with Crippen molar-refractivity contribution >= 4 is 0 Å². The molecule has 0 radical (unpaired) electrons. The van der Waals surface area contributed by atoms with Crippen LogP contribution >= 0.6 is 0 Å². The number of H-pyrrole nitrogens is 1. The third-order valence-electron chi connectivity index (χ3n) is 2.35. The molecule has 0 fully saturated rings. The predicted molar refractivity (Wildman–Crippen MR) is 57.9 cm³/mol.